The molecule has 2 N–H and O–H groups in total. The molecule has 2 rings (SSSR count). The van der Waals surface area contributed by atoms with Crippen LogP contribution in [-0.2, 0) is 0 Å². The zero-order chi connectivity index (χ0) is 10.1. The van der Waals surface area contributed by atoms with Crippen molar-refractivity contribution in [1.29, 1.82) is 0 Å². The standard InChI is InChI=1S/C9H14N4S/c1-13(6-3-4-6)8-5-7(10)11-9(12-8)14-2/h5-6H,3-4H2,1-2H3,(H2,10,11,12). The van der Waals surface area contributed by atoms with E-state index < -0.39 is 0 Å². The maximum atomic E-state index is 5.70. The molecule has 76 valence electrons. The minimum atomic E-state index is 0.548. The Labute approximate surface area is 87.9 Å². The molecule has 1 saturated carbocycles. The molecule has 0 unspecified atom stereocenters. The van der Waals surface area contributed by atoms with E-state index in [1.165, 1.54) is 24.6 Å². The zero-order valence-electron chi connectivity index (χ0n) is 8.40. The Morgan fingerprint density at radius 3 is 2.79 bits per heavy atom. The summed E-state index contributed by atoms with van der Waals surface area (Å²) in [5.41, 5.74) is 5.70. The van der Waals surface area contributed by atoms with Gasteiger partial charge in [0.2, 0.25) is 0 Å². The Morgan fingerprint density at radius 2 is 2.21 bits per heavy atom. The fourth-order valence-electron chi connectivity index (χ4n) is 1.35. The monoisotopic (exact) mass is 210 g/mol. The van der Waals surface area contributed by atoms with Crippen LogP contribution in [0.5, 0.6) is 0 Å². The predicted octanol–water partition coefficient (Wildman–Crippen LogP) is 1.38. The van der Waals surface area contributed by atoms with Crippen LogP contribution in [0.1, 0.15) is 12.8 Å². The summed E-state index contributed by atoms with van der Waals surface area (Å²) in [6.07, 6.45) is 4.47. The summed E-state index contributed by atoms with van der Waals surface area (Å²) in [5.74, 6) is 1.48. The lowest BCUT2D eigenvalue weighted by Gasteiger charge is -2.17. The first-order chi connectivity index (χ1) is 6.70. The second-order valence-electron chi connectivity index (χ2n) is 3.48. The Hall–Kier alpha value is -0.970. The quantitative estimate of drug-likeness (QED) is 0.603. The third kappa shape index (κ3) is 1.92. The van der Waals surface area contributed by atoms with E-state index in [1.807, 2.05) is 12.3 Å². The smallest absolute Gasteiger partial charge is 0.191 e. The zero-order valence-corrected chi connectivity index (χ0v) is 9.21. The largest absolute Gasteiger partial charge is 0.383 e. The molecule has 0 saturated heterocycles. The molecule has 0 spiro atoms. The molecule has 1 aromatic rings. The maximum Gasteiger partial charge on any atom is 0.191 e. The van der Waals surface area contributed by atoms with Crippen LogP contribution in [0, 0.1) is 0 Å². The summed E-state index contributed by atoms with van der Waals surface area (Å²) in [4.78, 5) is 10.7. The van der Waals surface area contributed by atoms with E-state index in [0.29, 0.717) is 11.9 Å². The Bertz CT molecular complexity index is 338. The third-order valence-electron chi connectivity index (χ3n) is 2.35. The molecule has 1 aromatic heterocycles. The van der Waals surface area contributed by atoms with E-state index in [1.54, 1.807) is 0 Å². The molecule has 0 bridgehead atoms. The number of hydrogen-bond donors (Lipinski definition) is 1. The van der Waals surface area contributed by atoms with Gasteiger partial charge in [-0.1, -0.05) is 11.8 Å². The van der Waals surface area contributed by atoms with Gasteiger partial charge in [-0.2, -0.15) is 0 Å². The summed E-state index contributed by atoms with van der Waals surface area (Å²) >= 11 is 1.52. The van der Waals surface area contributed by atoms with Crippen LogP contribution in [0.2, 0.25) is 0 Å². The number of anilines is 2. The van der Waals surface area contributed by atoms with Crippen molar-refractivity contribution in [2.24, 2.45) is 0 Å². The van der Waals surface area contributed by atoms with E-state index >= 15 is 0 Å². The molecule has 0 aromatic carbocycles. The van der Waals surface area contributed by atoms with Gasteiger partial charge in [0, 0.05) is 19.2 Å². The molecule has 0 amide bonds. The van der Waals surface area contributed by atoms with Crippen LogP contribution in [-0.4, -0.2) is 29.3 Å². The van der Waals surface area contributed by atoms with Crippen LogP contribution < -0.4 is 10.6 Å². The average Bonchev–Trinajstić information content (AvgIpc) is 2.99. The summed E-state index contributed by atoms with van der Waals surface area (Å²) in [6.45, 7) is 0. The molecule has 0 atom stereocenters. The van der Waals surface area contributed by atoms with Crippen LogP contribution in [0.25, 0.3) is 0 Å². The molecule has 0 radical (unpaired) electrons. The first-order valence-corrected chi connectivity index (χ1v) is 5.84. The number of rotatable bonds is 3. The molecule has 1 aliphatic rings. The molecule has 1 heterocycles. The fraction of sp³-hybridized carbons (Fsp3) is 0.556. The van der Waals surface area contributed by atoms with E-state index in [4.69, 9.17) is 5.73 Å². The van der Waals surface area contributed by atoms with Gasteiger partial charge in [-0.25, -0.2) is 9.97 Å². The Morgan fingerprint density at radius 1 is 1.50 bits per heavy atom. The highest BCUT2D eigenvalue weighted by Gasteiger charge is 2.27. The number of nitrogen functional groups attached to an aromatic ring is 1. The molecular formula is C9H14N4S. The first-order valence-electron chi connectivity index (χ1n) is 4.62. The molecule has 0 aliphatic heterocycles. The normalized spacial score (nSPS) is 15.6. The van der Waals surface area contributed by atoms with E-state index in [2.05, 4.69) is 21.9 Å². The van der Waals surface area contributed by atoms with Crippen molar-refractivity contribution in [1.82, 2.24) is 9.97 Å². The van der Waals surface area contributed by atoms with Crippen molar-refractivity contribution >= 4 is 23.4 Å². The lowest BCUT2D eigenvalue weighted by atomic mass is 10.4. The van der Waals surface area contributed by atoms with Gasteiger partial charge < -0.3 is 10.6 Å². The summed E-state index contributed by atoms with van der Waals surface area (Å²) in [5, 5.41) is 0.743. The molecule has 4 nitrogen and oxygen atoms in total. The van der Waals surface area contributed by atoms with Gasteiger partial charge in [0.25, 0.3) is 0 Å². The number of nitrogens with zero attached hydrogens (tertiary/aromatic N) is 3. The lowest BCUT2D eigenvalue weighted by molar-refractivity contribution is 0.855. The minimum absolute atomic E-state index is 0.548. The summed E-state index contributed by atoms with van der Waals surface area (Å²) in [7, 11) is 2.06. The molecule has 14 heavy (non-hydrogen) atoms. The first kappa shape index (κ1) is 9.58. The highest BCUT2D eigenvalue weighted by atomic mass is 32.2. The minimum Gasteiger partial charge on any atom is -0.383 e. The van der Waals surface area contributed by atoms with Crippen molar-refractivity contribution in [3.8, 4) is 0 Å². The maximum absolute atomic E-state index is 5.70. The lowest BCUT2D eigenvalue weighted by Crippen LogP contribution is -2.21. The SMILES string of the molecule is CSc1nc(N)cc(N(C)C2CC2)n1. The van der Waals surface area contributed by atoms with E-state index in [0.717, 1.165) is 11.0 Å². The molecular weight excluding hydrogens is 196 g/mol. The van der Waals surface area contributed by atoms with Crippen molar-refractivity contribution in [2.45, 2.75) is 24.0 Å². The average molecular weight is 210 g/mol. The predicted molar refractivity (Wildman–Crippen MR) is 59.7 cm³/mol. The number of hydrogen-bond acceptors (Lipinski definition) is 5. The van der Waals surface area contributed by atoms with Gasteiger partial charge >= 0.3 is 0 Å². The van der Waals surface area contributed by atoms with Crippen LogP contribution in [0.3, 0.4) is 0 Å². The van der Waals surface area contributed by atoms with Gasteiger partial charge in [-0.15, -0.1) is 0 Å². The molecule has 1 aliphatic carbocycles. The van der Waals surface area contributed by atoms with Crippen LogP contribution in [0.15, 0.2) is 11.2 Å². The van der Waals surface area contributed by atoms with Crippen molar-refractivity contribution in [3.05, 3.63) is 6.07 Å². The fourth-order valence-corrected chi connectivity index (χ4v) is 1.73. The number of aromatic nitrogens is 2. The Balaban J connectivity index is 2.27. The van der Waals surface area contributed by atoms with Gasteiger partial charge in [-0.05, 0) is 19.1 Å². The summed E-state index contributed by atoms with van der Waals surface area (Å²) in [6, 6.07) is 2.48. The van der Waals surface area contributed by atoms with E-state index in [9.17, 15) is 0 Å². The highest BCUT2D eigenvalue weighted by Crippen LogP contribution is 2.30. The van der Waals surface area contributed by atoms with E-state index in [-0.39, 0.29) is 0 Å². The third-order valence-corrected chi connectivity index (χ3v) is 2.90. The van der Waals surface area contributed by atoms with Gasteiger partial charge in [0.15, 0.2) is 5.16 Å². The molecule has 1 fully saturated rings. The van der Waals surface area contributed by atoms with Crippen molar-refractivity contribution in [2.75, 3.05) is 23.9 Å². The van der Waals surface area contributed by atoms with Crippen LogP contribution in [0.4, 0.5) is 11.6 Å². The summed E-state index contributed by atoms with van der Waals surface area (Å²) < 4.78 is 0. The second-order valence-corrected chi connectivity index (χ2v) is 4.25. The van der Waals surface area contributed by atoms with Crippen molar-refractivity contribution in [3.63, 3.8) is 0 Å². The van der Waals surface area contributed by atoms with Gasteiger partial charge in [0.1, 0.15) is 11.6 Å². The molecule has 5 heteroatoms. The number of nitrogens with two attached hydrogens (primary N) is 1. The van der Waals surface area contributed by atoms with Crippen LogP contribution >= 0.6 is 11.8 Å². The topological polar surface area (TPSA) is 55.0 Å². The second kappa shape index (κ2) is 3.65. The van der Waals surface area contributed by atoms with Crippen molar-refractivity contribution < 1.29 is 0 Å². The Kier molecular flexibility index (Phi) is 2.50. The van der Waals surface area contributed by atoms with Gasteiger partial charge in [-0.3, -0.25) is 0 Å². The van der Waals surface area contributed by atoms with Gasteiger partial charge in [0.05, 0.1) is 0 Å². The number of thioether (sulfide) groups is 1. The highest BCUT2D eigenvalue weighted by molar-refractivity contribution is 7.98.